The second-order valence-corrected chi connectivity index (χ2v) is 5.88. The van der Waals surface area contributed by atoms with Crippen LogP contribution in [0.1, 0.15) is 29.7 Å². The van der Waals surface area contributed by atoms with Crippen LogP contribution >= 0.6 is 15.9 Å². The van der Waals surface area contributed by atoms with Crippen molar-refractivity contribution in [3.05, 3.63) is 75.5 Å². The van der Waals surface area contributed by atoms with Crippen molar-refractivity contribution in [3.63, 3.8) is 0 Å². The van der Waals surface area contributed by atoms with Gasteiger partial charge in [-0.3, -0.25) is 4.79 Å². The summed E-state index contributed by atoms with van der Waals surface area (Å²) in [5, 5.41) is 11.6. The second kappa shape index (κ2) is 7.70. The molecule has 2 aromatic carbocycles. The van der Waals surface area contributed by atoms with E-state index in [0.29, 0.717) is 11.1 Å². The highest BCUT2D eigenvalue weighted by Crippen LogP contribution is 2.17. The first-order chi connectivity index (χ1) is 11.0. The summed E-state index contributed by atoms with van der Waals surface area (Å²) >= 11 is 3.26. The summed E-state index contributed by atoms with van der Waals surface area (Å²) in [5.74, 6) is -0.710. The molecule has 1 unspecified atom stereocenters. The predicted octanol–water partition coefficient (Wildman–Crippen LogP) is 4.35. The van der Waals surface area contributed by atoms with Gasteiger partial charge in [0.1, 0.15) is 5.82 Å². The first kappa shape index (κ1) is 16.9. The molecule has 23 heavy (non-hydrogen) atoms. The number of halogens is 2. The maximum atomic E-state index is 13.6. The van der Waals surface area contributed by atoms with E-state index in [4.69, 9.17) is 5.26 Å². The van der Waals surface area contributed by atoms with Crippen molar-refractivity contribution < 1.29 is 9.18 Å². The Morgan fingerprint density at radius 3 is 2.65 bits per heavy atom. The van der Waals surface area contributed by atoms with Gasteiger partial charge >= 0.3 is 0 Å². The average molecular weight is 373 g/mol. The molecule has 0 aliphatic rings. The van der Waals surface area contributed by atoms with Gasteiger partial charge in [-0.05, 0) is 48.9 Å². The molecular weight excluding hydrogens is 359 g/mol. The zero-order valence-electron chi connectivity index (χ0n) is 12.4. The lowest BCUT2D eigenvalue weighted by molar-refractivity contribution is -0.117. The zero-order valence-corrected chi connectivity index (χ0v) is 14.0. The average Bonchev–Trinajstić information content (AvgIpc) is 2.55. The van der Waals surface area contributed by atoms with E-state index in [0.717, 1.165) is 10.0 Å². The summed E-state index contributed by atoms with van der Waals surface area (Å²) in [6.07, 6.45) is 2.73. The van der Waals surface area contributed by atoms with Crippen molar-refractivity contribution in [2.75, 3.05) is 0 Å². The summed E-state index contributed by atoms with van der Waals surface area (Å²) in [6.45, 7) is 1.84. The van der Waals surface area contributed by atoms with Crippen LogP contribution in [0.15, 0.2) is 53.0 Å². The summed E-state index contributed by atoms with van der Waals surface area (Å²) < 4.78 is 14.3. The van der Waals surface area contributed by atoms with Crippen LogP contribution in [0.3, 0.4) is 0 Å². The van der Waals surface area contributed by atoms with Gasteiger partial charge in [-0.1, -0.05) is 28.1 Å². The molecule has 0 aliphatic heterocycles. The van der Waals surface area contributed by atoms with E-state index in [1.807, 2.05) is 13.0 Å². The number of carbonyl (C=O) groups excluding carboxylic acids is 1. The molecule has 2 rings (SSSR count). The number of rotatable bonds is 4. The van der Waals surface area contributed by atoms with Crippen molar-refractivity contribution in [1.29, 1.82) is 5.26 Å². The van der Waals surface area contributed by atoms with E-state index >= 15 is 0 Å². The fourth-order valence-corrected chi connectivity index (χ4v) is 2.38. The first-order valence-electron chi connectivity index (χ1n) is 6.93. The van der Waals surface area contributed by atoms with Gasteiger partial charge in [0.05, 0.1) is 17.7 Å². The van der Waals surface area contributed by atoms with Gasteiger partial charge in [0.15, 0.2) is 0 Å². The molecule has 0 bridgehead atoms. The first-order valence-corrected chi connectivity index (χ1v) is 7.72. The summed E-state index contributed by atoms with van der Waals surface area (Å²) in [6, 6.07) is 13.3. The minimum absolute atomic E-state index is 0.216. The highest BCUT2D eigenvalue weighted by atomic mass is 79.9. The van der Waals surface area contributed by atoms with Crippen LogP contribution in [0.5, 0.6) is 0 Å². The maximum Gasteiger partial charge on any atom is 0.244 e. The van der Waals surface area contributed by atoms with Gasteiger partial charge in [-0.15, -0.1) is 0 Å². The molecule has 0 fully saturated rings. The predicted molar refractivity (Wildman–Crippen MR) is 90.8 cm³/mol. The highest BCUT2D eigenvalue weighted by molar-refractivity contribution is 9.10. The van der Waals surface area contributed by atoms with Crippen LogP contribution in [0, 0.1) is 17.1 Å². The fourth-order valence-electron chi connectivity index (χ4n) is 2.00. The van der Waals surface area contributed by atoms with Gasteiger partial charge in [-0.25, -0.2) is 4.39 Å². The number of nitrogens with zero attached hydrogens (tertiary/aromatic N) is 1. The number of nitriles is 1. The molecule has 116 valence electrons. The third-order valence-electron chi connectivity index (χ3n) is 3.27. The van der Waals surface area contributed by atoms with Crippen molar-refractivity contribution in [2.24, 2.45) is 0 Å². The standard InChI is InChI=1S/C18H14BrFN2O/c1-12(14-4-2-13(11-21)3-5-14)22-18(23)9-6-15-10-16(19)7-8-17(15)20/h2-10,12H,1H3,(H,22,23)/b9-6+. The summed E-state index contributed by atoms with van der Waals surface area (Å²) in [4.78, 5) is 11.9. The number of carbonyl (C=O) groups is 1. The van der Waals surface area contributed by atoms with E-state index in [1.54, 1.807) is 36.4 Å². The topological polar surface area (TPSA) is 52.9 Å². The molecule has 5 heteroatoms. The van der Waals surface area contributed by atoms with Crippen LogP contribution < -0.4 is 5.32 Å². The summed E-state index contributed by atoms with van der Waals surface area (Å²) in [5.41, 5.74) is 1.79. The highest BCUT2D eigenvalue weighted by Gasteiger charge is 2.08. The van der Waals surface area contributed by atoms with E-state index in [9.17, 15) is 9.18 Å². The Labute approximate surface area is 142 Å². The third-order valence-corrected chi connectivity index (χ3v) is 3.76. The fraction of sp³-hybridized carbons (Fsp3) is 0.111. The molecule has 0 aromatic heterocycles. The SMILES string of the molecule is CC(NC(=O)/C=C/c1cc(Br)ccc1F)c1ccc(C#N)cc1. The largest absolute Gasteiger partial charge is 0.346 e. The van der Waals surface area contributed by atoms with E-state index < -0.39 is 5.82 Å². The van der Waals surface area contributed by atoms with Gasteiger partial charge in [0.2, 0.25) is 5.91 Å². The van der Waals surface area contributed by atoms with Crippen LogP contribution in [-0.2, 0) is 4.79 Å². The van der Waals surface area contributed by atoms with E-state index in [2.05, 4.69) is 21.2 Å². The van der Waals surface area contributed by atoms with Crippen molar-refractivity contribution in [3.8, 4) is 6.07 Å². The summed E-state index contributed by atoms with van der Waals surface area (Å²) in [7, 11) is 0. The zero-order chi connectivity index (χ0) is 16.8. The lowest BCUT2D eigenvalue weighted by Gasteiger charge is -2.12. The van der Waals surface area contributed by atoms with Crippen LogP contribution in [0.4, 0.5) is 4.39 Å². The van der Waals surface area contributed by atoms with Crippen LogP contribution in [-0.4, -0.2) is 5.91 Å². The quantitative estimate of drug-likeness (QED) is 0.811. The lowest BCUT2D eigenvalue weighted by Crippen LogP contribution is -2.24. The Morgan fingerprint density at radius 1 is 1.30 bits per heavy atom. The molecule has 0 radical (unpaired) electrons. The molecule has 0 heterocycles. The molecule has 0 spiro atoms. The van der Waals surface area contributed by atoms with Gasteiger partial charge in [-0.2, -0.15) is 5.26 Å². The third kappa shape index (κ3) is 4.76. The number of amides is 1. The Hall–Kier alpha value is -2.45. The van der Waals surface area contributed by atoms with Crippen molar-refractivity contribution >= 4 is 27.9 Å². The molecule has 2 aromatic rings. The molecule has 1 amide bonds. The smallest absolute Gasteiger partial charge is 0.244 e. The molecular formula is C18H14BrFN2O. The molecule has 0 saturated carbocycles. The Balaban J connectivity index is 2.02. The second-order valence-electron chi connectivity index (χ2n) is 4.96. The van der Waals surface area contributed by atoms with Crippen LogP contribution in [0.25, 0.3) is 6.08 Å². The van der Waals surface area contributed by atoms with E-state index in [1.165, 1.54) is 18.2 Å². The molecule has 1 atom stereocenters. The Kier molecular flexibility index (Phi) is 5.67. The van der Waals surface area contributed by atoms with Gasteiger partial charge in [0.25, 0.3) is 0 Å². The number of nitrogens with one attached hydrogen (secondary N) is 1. The Morgan fingerprint density at radius 2 is 2.00 bits per heavy atom. The number of hydrogen-bond donors (Lipinski definition) is 1. The van der Waals surface area contributed by atoms with Crippen molar-refractivity contribution in [2.45, 2.75) is 13.0 Å². The lowest BCUT2D eigenvalue weighted by atomic mass is 10.1. The van der Waals surface area contributed by atoms with Gasteiger partial charge in [0, 0.05) is 16.1 Å². The van der Waals surface area contributed by atoms with Gasteiger partial charge < -0.3 is 5.32 Å². The minimum atomic E-state index is -0.391. The Bertz CT molecular complexity index is 779. The maximum absolute atomic E-state index is 13.6. The number of hydrogen-bond acceptors (Lipinski definition) is 2. The molecule has 0 aliphatic carbocycles. The van der Waals surface area contributed by atoms with Crippen LogP contribution in [0.2, 0.25) is 0 Å². The number of benzene rings is 2. The monoisotopic (exact) mass is 372 g/mol. The minimum Gasteiger partial charge on any atom is -0.346 e. The normalized spacial score (nSPS) is 11.9. The van der Waals surface area contributed by atoms with E-state index in [-0.39, 0.29) is 11.9 Å². The molecule has 1 N–H and O–H groups in total. The van der Waals surface area contributed by atoms with Crippen molar-refractivity contribution in [1.82, 2.24) is 5.32 Å². The molecule has 0 saturated heterocycles. The molecule has 3 nitrogen and oxygen atoms in total.